The van der Waals surface area contributed by atoms with Gasteiger partial charge in [0.1, 0.15) is 28.5 Å². The second kappa shape index (κ2) is 8.55. The number of carbonyl (C=O) groups excluding carboxylic acids is 2. The third kappa shape index (κ3) is 4.31. The van der Waals surface area contributed by atoms with Crippen LogP contribution in [0.2, 0.25) is 0 Å². The van der Waals surface area contributed by atoms with Crippen LogP contribution in [-0.4, -0.2) is 60.7 Å². The van der Waals surface area contributed by atoms with E-state index in [1.807, 2.05) is 0 Å². The highest BCUT2D eigenvalue weighted by molar-refractivity contribution is 5.95. The predicted molar refractivity (Wildman–Crippen MR) is 103 cm³/mol. The Balaban J connectivity index is 1.65. The smallest absolute Gasteiger partial charge is 0.410 e. The first kappa shape index (κ1) is 21.3. The van der Waals surface area contributed by atoms with Crippen LogP contribution in [0.15, 0.2) is 12.1 Å². The van der Waals surface area contributed by atoms with Crippen molar-refractivity contribution >= 4 is 12.0 Å². The van der Waals surface area contributed by atoms with Crippen LogP contribution in [0.1, 0.15) is 49.9 Å². The summed E-state index contributed by atoms with van der Waals surface area (Å²) >= 11 is 0. The summed E-state index contributed by atoms with van der Waals surface area (Å²) in [4.78, 5) is 28.2. The first-order valence-corrected chi connectivity index (χ1v) is 10.1. The summed E-state index contributed by atoms with van der Waals surface area (Å²) in [7, 11) is 1.30. The van der Waals surface area contributed by atoms with Gasteiger partial charge in [-0.1, -0.05) is 26.7 Å². The highest BCUT2D eigenvalue weighted by atomic mass is 19.1. The molecular formula is C21H28F2N2O4. The number of halogens is 2. The third-order valence-electron chi connectivity index (χ3n) is 6.10. The van der Waals surface area contributed by atoms with Crippen molar-refractivity contribution in [3.8, 4) is 5.75 Å². The molecule has 8 heteroatoms. The van der Waals surface area contributed by atoms with Gasteiger partial charge in [-0.3, -0.25) is 4.79 Å². The molecule has 2 saturated heterocycles. The van der Waals surface area contributed by atoms with Crippen molar-refractivity contribution in [1.82, 2.24) is 9.80 Å². The fraction of sp³-hybridized carbons (Fsp3) is 0.619. The first-order valence-electron chi connectivity index (χ1n) is 10.1. The topological polar surface area (TPSA) is 59.1 Å². The average Bonchev–Trinajstić information content (AvgIpc) is 3.00. The van der Waals surface area contributed by atoms with Gasteiger partial charge in [-0.15, -0.1) is 0 Å². The van der Waals surface area contributed by atoms with Crippen molar-refractivity contribution in [2.75, 3.05) is 33.3 Å². The van der Waals surface area contributed by atoms with Gasteiger partial charge in [0.15, 0.2) is 0 Å². The molecular weight excluding hydrogens is 382 g/mol. The lowest BCUT2D eigenvalue weighted by Crippen LogP contribution is -2.49. The first-order chi connectivity index (χ1) is 13.8. The zero-order valence-corrected chi connectivity index (χ0v) is 17.2. The quantitative estimate of drug-likeness (QED) is 0.715. The van der Waals surface area contributed by atoms with Crippen molar-refractivity contribution in [2.45, 2.75) is 45.1 Å². The maximum Gasteiger partial charge on any atom is 0.410 e. The van der Waals surface area contributed by atoms with E-state index in [0.29, 0.717) is 31.8 Å². The molecule has 2 fully saturated rings. The van der Waals surface area contributed by atoms with Crippen LogP contribution in [0.5, 0.6) is 5.75 Å². The lowest BCUT2D eigenvalue weighted by Gasteiger charge is -2.37. The number of amides is 2. The molecule has 1 aromatic carbocycles. The van der Waals surface area contributed by atoms with Gasteiger partial charge in [-0.2, -0.15) is 0 Å². The molecule has 160 valence electrons. The highest BCUT2D eigenvalue weighted by Crippen LogP contribution is 2.35. The summed E-state index contributed by atoms with van der Waals surface area (Å²) in [6.45, 7) is 5.92. The van der Waals surface area contributed by atoms with E-state index < -0.39 is 28.7 Å². The molecule has 0 bridgehead atoms. The molecule has 0 saturated carbocycles. The molecule has 0 aliphatic carbocycles. The minimum atomic E-state index is -0.948. The van der Waals surface area contributed by atoms with Gasteiger partial charge in [0, 0.05) is 44.6 Å². The van der Waals surface area contributed by atoms with Crippen LogP contribution in [-0.2, 0) is 4.74 Å². The van der Waals surface area contributed by atoms with Crippen LogP contribution in [0.25, 0.3) is 0 Å². The molecule has 0 radical (unpaired) electrons. The number of hydrogen-bond acceptors (Lipinski definition) is 4. The Morgan fingerprint density at radius 1 is 1.21 bits per heavy atom. The summed E-state index contributed by atoms with van der Waals surface area (Å²) in [6, 6.07) is 1.99. The van der Waals surface area contributed by atoms with Crippen molar-refractivity contribution in [3.63, 3.8) is 0 Å². The Kier molecular flexibility index (Phi) is 6.29. The van der Waals surface area contributed by atoms with E-state index in [0.717, 1.165) is 25.0 Å². The second-order valence-electron chi connectivity index (χ2n) is 7.87. The Morgan fingerprint density at radius 3 is 2.31 bits per heavy atom. The number of likely N-dealkylation sites (tertiary alicyclic amines) is 1. The van der Waals surface area contributed by atoms with Crippen LogP contribution in [0, 0.1) is 17.6 Å². The fourth-order valence-corrected chi connectivity index (χ4v) is 4.10. The van der Waals surface area contributed by atoms with E-state index in [4.69, 9.17) is 9.47 Å². The average molecular weight is 410 g/mol. The predicted octanol–water partition coefficient (Wildman–Crippen LogP) is 3.84. The van der Waals surface area contributed by atoms with Crippen LogP contribution >= 0.6 is 0 Å². The molecule has 0 N–H and O–H groups in total. The van der Waals surface area contributed by atoms with Gasteiger partial charge < -0.3 is 19.3 Å². The summed E-state index contributed by atoms with van der Waals surface area (Å²) < 4.78 is 39.0. The largest absolute Gasteiger partial charge is 0.497 e. The second-order valence-corrected chi connectivity index (χ2v) is 7.87. The molecule has 0 aromatic heterocycles. The lowest BCUT2D eigenvalue weighted by molar-refractivity contribution is 0.00288. The van der Waals surface area contributed by atoms with E-state index in [-0.39, 0.29) is 24.9 Å². The van der Waals surface area contributed by atoms with Crippen LogP contribution in [0.4, 0.5) is 13.6 Å². The molecule has 0 atom stereocenters. The molecule has 3 rings (SSSR count). The number of carbonyl (C=O) groups is 2. The Labute approximate surface area is 169 Å². The zero-order valence-electron chi connectivity index (χ0n) is 17.2. The number of rotatable bonds is 6. The van der Waals surface area contributed by atoms with Crippen molar-refractivity contribution in [2.24, 2.45) is 5.92 Å². The molecule has 6 nitrogen and oxygen atoms in total. The third-order valence-corrected chi connectivity index (χ3v) is 6.10. The number of ether oxygens (including phenoxy) is 2. The Bertz CT molecular complexity index is 751. The van der Waals surface area contributed by atoms with Crippen molar-refractivity contribution in [1.29, 1.82) is 0 Å². The molecule has 1 aromatic rings. The van der Waals surface area contributed by atoms with E-state index in [1.54, 1.807) is 4.90 Å². The number of methoxy groups -OCH3 is 1. The van der Waals surface area contributed by atoms with E-state index in [9.17, 15) is 18.4 Å². The van der Waals surface area contributed by atoms with Gasteiger partial charge in [0.25, 0.3) is 5.91 Å². The van der Waals surface area contributed by atoms with E-state index in [2.05, 4.69) is 13.8 Å². The summed E-state index contributed by atoms with van der Waals surface area (Å²) in [5.41, 5.74) is -1.21. The van der Waals surface area contributed by atoms with Gasteiger partial charge in [-0.05, 0) is 5.92 Å². The summed E-state index contributed by atoms with van der Waals surface area (Å²) in [6.07, 6.45) is 2.57. The van der Waals surface area contributed by atoms with Crippen molar-refractivity contribution < 1.29 is 27.8 Å². The minimum absolute atomic E-state index is 0.0181. The van der Waals surface area contributed by atoms with Gasteiger partial charge in [0.2, 0.25) is 0 Å². The molecule has 2 amide bonds. The monoisotopic (exact) mass is 410 g/mol. The van der Waals surface area contributed by atoms with Crippen molar-refractivity contribution in [3.05, 3.63) is 29.3 Å². The highest BCUT2D eigenvalue weighted by Gasteiger charge is 2.48. The van der Waals surface area contributed by atoms with Gasteiger partial charge >= 0.3 is 6.09 Å². The number of piperidine rings is 1. The van der Waals surface area contributed by atoms with Crippen LogP contribution < -0.4 is 4.74 Å². The van der Waals surface area contributed by atoms with Crippen LogP contribution in [0.3, 0.4) is 0 Å². The fourth-order valence-electron chi connectivity index (χ4n) is 4.10. The van der Waals surface area contributed by atoms with E-state index in [1.165, 1.54) is 12.0 Å². The zero-order chi connectivity index (χ0) is 21.2. The summed E-state index contributed by atoms with van der Waals surface area (Å²) in [5.74, 6) is -2.15. The number of hydrogen-bond donors (Lipinski definition) is 0. The molecule has 2 aliphatic rings. The maximum absolute atomic E-state index is 14.2. The molecule has 29 heavy (non-hydrogen) atoms. The normalized spacial score (nSPS) is 18.5. The molecule has 0 unspecified atom stereocenters. The van der Waals surface area contributed by atoms with Gasteiger partial charge in [0.05, 0.1) is 13.7 Å². The number of nitrogens with zero attached hydrogens (tertiary/aromatic N) is 2. The molecule has 2 aliphatic heterocycles. The Morgan fingerprint density at radius 2 is 1.79 bits per heavy atom. The molecule has 1 spiro atoms. The van der Waals surface area contributed by atoms with E-state index >= 15 is 0 Å². The summed E-state index contributed by atoms with van der Waals surface area (Å²) in [5, 5.41) is 0. The maximum atomic E-state index is 14.2. The minimum Gasteiger partial charge on any atom is -0.497 e. The van der Waals surface area contributed by atoms with Gasteiger partial charge in [-0.25, -0.2) is 13.6 Å². The SMILES string of the molecule is CCC(CC)CN1CC2(CCN(C(=O)c3c(F)cc(OC)cc3F)CC2)OC1=O. The molecule has 2 heterocycles. The Hall–Kier alpha value is -2.38. The number of benzene rings is 1. The lowest BCUT2D eigenvalue weighted by atomic mass is 9.90. The standard InChI is InChI=1S/C21H28F2N2O4/c1-4-14(5-2)12-25-13-21(29-20(25)27)6-8-24(9-7-21)19(26)18-16(22)10-15(28-3)11-17(18)23/h10-11,14H,4-9,12-13H2,1-3H3.